The van der Waals surface area contributed by atoms with Crippen molar-refractivity contribution in [3.05, 3.63) is 47.5 Å². The van der Waals surface area contributed by atoms with Gasteiger partial charge in [-0.25, -0.2) is 4.99 Å². The highest BCUT2D eigenvalue weighted by atomic mass is 127. The Hall–Kier alpha value is -1.64. The van der Waals surface area contributed by atoms with E-state index in [4.69, 9.17) is 4.99 Å². The fourth-order valence-corrected chi connectivity index (χ4v) is 3.17. The molecule has 142 valence electrons. The van der Waals surface area contributed by atoms with Crippen molar-refractivity contribution in [2.75, 3.05) is 0 Å². The average molecular weight is 468 g/mol. The van der Waals surface area contributed by atoms with E-state index in [0.29, 0.717) is 12.6 Å². The predicted octanol–water partition coefficient (Wildman–Crippen LogP) is 3.48. The minimum Gasteiger partial charge on any atom is -0.354 e. The molecule has 1 aromatic heterocycles. The van der Waals surface area contributed by atoms with Gasteiger partial charge in [0.15, 0.2) is 11.8 Å². The summed E-state index contributed by atoms with van der Waals surface area (Å²) >= 11 is 0. The normalized spacial score (nSPS) is 16.2. The minimum absolute atomic E-state index is 0. The number of nitrogens with zero attached hydrogens (tertiary/aromatic N) is 4. The first-order valence-electron chi connectivity index (χ1n) is 9.11. The molecule has 1 fully saturated rings. The highest BCUT2D eigenvalue weighted by Crippen LogP contribution is 2.18. The number of halogens is 1. The quantitative estimate of drug-likeness (QED) is 0.401. The summed E-state index contributed by atoms with van der Waals surface area (Å²) in [6, 6.07) is 11.1. The number of aryl methyl sites for hydroxylation is 1. The molecule has 3 rings (SSSR count). The van der Waals surface area contributed by atoms with Gasteiger partial charge in [0.05, 0.1) is 6.04 Å². The van der Waals surface area contributed by atoms with Crippen molar-refractivity contribution < 1.29 is 0 Å². The first-order chi connectivity index (χ1) is 12.1. The number of aliphatic imine (C=N–C) groups is 1. The van der Waals surface area contributed by atoms with E-state index in [-0.39, 0.29) is 30.0 Å². The zero-order valence-electron chi connectivity index (χ0n) is 15.8. The van der Waals surface area contributed by atoms with Crippen LogP contribution in [0.5, 0.6) is 0 Å². The van der Waals surface area contributed by atoms with Crippen molar-refractivity contribution in [1.82, 2.24) is 25.4 Å². The van der Waals surface area contributed by atoms with Gasteiger partial charge in [0.25, 0.3) is 0 Å². The highest BCUT2D eigenvalue weighted by Gasteiger charge is 2.17. The van der Waals surface area contributed by atoms with Crippen LogP contribution in [0.15, 0.2) is 35.3 Å². The molecule has 6 nitrogen and oxygen atoms in total. The molecular weight excluding hydrogens is 439 g/mol. The maximum atomic E-state index is 4.77. The van der Waals surface area contributed by atoms with Crippen LogP contribution < -0.4 is 10.6 Å². The summed E-state index contributed by atoms with van der Waals surface area (Å²) < 4.78 is 1.98. The van der Waals surface area contributed by atoms with E-state index >= 15 is 0 Å². The molecule has 0 radical (unpaired) electrons. The van der Waals surface area contributed by atoms with Crippen molar-refractivity contribution in [2.45, 2.75) is 58.2 Å². The molecule has 0 spiro atoms. The lowest BCUT2D eigenvalue weighted by Gasteiger charge is -2.21. The largest absolute Gasteiger partial charge is 0.354 e. The average Bonchev–Trinajstić information content (AvgIpc) is 3.25. The third-order valence-corrected chi connectivity index (χ3v) is 4.91. The molecule has 1 atom stereocenters. The summed E-state index contributed by atoms with van der Waals surface area (Å²) in [6.45, 7) is 4.63. The zero-order chi connectivity index (χ0) is 17.6. The van der Waals surface area contributed by atoms with Gasteiger partial charge in [-0.15, -0.1) is 34.2 Å². The van der Waals surface area contributed by atoms with Crippen molar-refractivity contribution >= 4 is 29.9 Å². The van der Waals surface area contributed by atoms with Gasteiger partial charge in [-0.05, 0) is 32.3 Å². The van der Waals surface area contributed by atoms with Crippen LogP contribution in [-0.4, -0.2) is 26.8 Å². The van der Waals surface area contributed by atoms with Gasteiger partial charge in [-0.2, -0.15) is 0 Å². The van der Waals surface area contributed by atoms with Gasteiger partial charge in [0.1, 0.15) is 12.4 Å². The van der Waals surface area contributed by atoms with Crippen molar-refractivity contribution in [2.24, 2.45) is 12.0 Å². The number of aromatic nitrogens is 3. The molecule has 26 heavy (non-hydrogen) atoms. The second-order valence-electron chi connectivity index (χ2n) is 6.79. The van der Waals surface area contributed by atoms with Crippen LogP contribution in [0.4, 0.5) is 0 Å². The molecule has 1 unspecified atom stereocenters. The lowest BCUT2D eigenvalue weighted by molar-refractivity contribution is 0.592. The van der Waals surface area contributed by atoms with Crippen LogP contribution in [0.25, 0.3) is 0 Å². The molecular formula is C19H29IN6. The van der Waals surface area contributed by atoms with Crippen molar-refractivity contribution in [3.8, 4) is 0 Å². The van der Waals surface area contributed by atoms with Crippen LogP contribution in [0, 0.1) is 6.92 Å². The third kappa shape index (κ3) is 5.43. The van der Waals surface area contributed by atoms with Crippen LogP contribution >= 0.6 is 24.0 Å². The van der Waals surface area contributed by atoms with Gasteiger partial charge in [-0.1, -0.05) is 43.2 Å². The minimum atomic E-state index is 0. The smallest absolute Gasteiger partial charge is 0.192 e. The van der Waals surface area contributed by atoms with Crippen molar-refractivity contribution in [1.29, 1.82) is 0 Å². The molecule has 0 saturated heterocycles. The van der Waals surface area contributed by atoms with Gasteiger partial charge in [0, 0.05) is 13.1 Å². The van der Waals surface area contributed by atoms with Crippen LogP contribution in [0.1, 0.15) is 55.9 Å². The second-order valence-corrected chi connectivity index (χ2v) is 6.79. The Morgan fingerprint density at radius 2 is 1.92 bits per heavy atom. The molecule has 0 aliphatic heterocycles. The Kier molecular flexibility index (Phi) is 7.86. The van der Waals surface area contributed by atoms with Crippen LogP contribution in [-0.2, 0) is 13.6 Å². The van der Waals surface area contributed by atoms with Gasteiger partial charge < -0.3 is 15.2 Å². The summed E-state index contributed by atoms with van der Waals surface area (Å²) in [7, 11) is 1.98. The molecule has 1 aromatic carbocycles. The molecule has 2 aromatic rings. The summed E-state index contributed by atoms with van der Waals surface area (Å²) in [5, 5.41) is 15.4. The summed E-state index contributed by atoms with van der Waals surface area (Å²) in [5.74, 6) is 2.63. The molecule has 1 saturated carbocycles. The Labute approximate surface area is 172 Å². The monoisotopic (exact) mass is 468 g/mol. The fraction of sp³-hybridized carbons (Fsp3) is 0.526. The topological polar surface area (TPSA) is 67.1 Å². The Morgan fingerprint density at radius 1 is 1.23 bits per heavy atom. The Balaban J connectivity index is 0.00000243. The van der Waals surface area contributed by atoms with Crippen molar-refractivity contribution in [3.63, 3.8) is 0 Å². The lowest BCUT2D eigenvalue weighted by atomic mass is 10.1. The molecule has 1 heterocycles. The summed E-state index contributed by atoms with van der Waals surface area (Å²) in [5.41, 5.74) is 1.25. The maximum Gasteiger partial charge on any atom is 0.192 e. The van der Waals surface area contributed by atoms with E-state index in [1.54, 1.807) is 0 Å². The number of hydrogen-bond acceptors (Lipinski definition) is 3. The molecule has 0 amide bonds. The Morgan fingerprint density at radius 3 is 2.54 bits per heavy atom. The Bertz CT molecular complexity index is 706. The number of hydrogen-bond donors (Lipinski definition) is 2. The zero-order valence-corrected chi connectivity index (χ0v) is 18.1. The second kappa shape index (κ2) is 9.89. The summed E-state index contributed by atoms with van der Waals surface area (Å²) in [6.07, 6.45) is 5.01. The van der Waals surface area contributed by atoms with E-state index in [9.17, 15) is 0 Å². The number of guanidine groups is 1. The van der Waals surface area contributed by atoms with E-state index in [0.717, 1.165) is 17.6 Å². The predicted molar refractivity (Wildman–Crippen MR) is 116 cm³/mol. The SMILES string of the molecule is Cc1nnc(CN=C(NC2CCCC2)NC(C)c2ccccc2)n1C.I. The highest BCUT2D eigenvalue weighted by molar-refractivity contribution is 14.0. The van der Waals surface area contributed by atoms with E-state index in [1.165, 1.54) is 31.2 Å². The standard InChI is InChI=1S/C19H28N6.HI/c1-14(16-9-5-4-6-10-16)21-19(22-17-11-7-8-12-17)20-13-18-24-23-15(2)25(18)3;/h4-6,9-10,14,17H,7-8,11-13H2,1-3H3,(H2,20,21,22);1H. The van der Waals surface area contributed by atoms with E-state index in [1.807, 2.05) is 24.6 Å². The van der Waals surface area contributed by atoms with Gasteiger partial charge in [-0.3, -0.25) is 0 Å². The number of benzene rings is 1. The first kappa shape index (κ1) is 20.7. The van der Waals surface area contributed by atoms with E-state index in [2.05, 4.69) is 52.0 Å². The number of rotatable bonds is 5. The molecule has 1 aliphatic carbocycles. The number of nitrogens with one attached hydrogen (secondary N) is 2. The first-order valence-corrected chi connectivity index (χ1v) is 9.11. The molecule has 0 bridgehead atoms. The molecule has 7 heteroatoms. The van der Waals surface area contributed by atoms with Crippen LogP contribution in [0.3, 0.4) is 0 Å². The van der Waals surface area contributed by atoms with Gasteiger partial charge >= 0.3 is 0 Å². The fourth-order valence-electron chi connectivity index (χ4n) is 3.17. The van der Waals surface area contributed by atoms with Gasteiger partial charge in [0.2, 0.25) is 0 Å². The lowest BCUT2D eigenvalue weighted by Crippen LogP contribution is -2.43. The third-order valence-electron chi connectivity index (χ3n) is 4.91. The maximum absolute atomic E-state index is 4.77. The summed E-state index contributed by atoms with van der Waals surface area (Å²) in [4.78, 5) is 4.77. The van der Waals surface area contributed by atoms with E-state index < -0.39 is 0 Å². The molecule has 2 N–H and O–H groups in total. The van der Waals surface area contributed by atoms with Crippen LogP contribution in [0.2, 0.25) is 0 Å². The molecule has 1 aliphatic rings.